The lowest BCUT2D eigenvalue weighted by atomic mass is 9.95. The number of nitrogens with one attached hydrogen (secondary N) is 1. The predicted molar refractivity (Wildman–Crippen MR) is 152 cm³/mol. The first-order valence-electron chi connectivity index (χ1n) is 13.4. The maximum absolute atomic E-state index is 13.4. The van der Waals surface area contributed by atoms with Gasteiger partial charge in [0.1, 0.15) is 0 Å². The fourth-order valence-corrected chi connectivity index (χ4v) is 4.37. The third kappa shape index (κ3) is 7.16. The summed E-state index contributed by atoms with van der Waals surface area (Å²) in [6.07, 6.45) is 2.22. The predicted octanol–water partition coefficient (Wildman–Crippen LogP) is 6.19. The molecule has 8 heteroatoms. The highest BCUT2D eigenvalue weighted by Crippen LogP contribution is 2.31. The Bertz CT molecular complexity index is 1340. The first kappa shape index (κ1) is 27.7. The molecule has 1 atom stereocenters. The van der Waals surface area contributed by atoms with E-state index in [-0.39, 0.29) is 30.3 Å². The first-order valence-corrected chi connectivity index (χ1v) is 13.4. The van der Waals surface area contributed by atoms with Gasteiger partial charge in [-0.25, -0.2) is 4.79 Å². The number of nitrogens with zero attached hydrogens (tertiary/aromatic N) is 4. The van der Waals surface area contributed by atoms with Gasteiger partial charge in [0.25, 0.3) is 0 Å². The van der Waals surface area contributed by atoms with Gasteiger partial charge in [-0.2, -0.15) is 5.21 Å². The van der Waals surface area contributed by atoms with Crippen LogP contribution in [-0.4, -0.2) is 45.7 Å². The Morgan fingerprint density at radius 2 is 1.62 bits per heavy atom. The Kier molecular flexibility index (Phi) is 9.56. The van der Waals surface area contributed by atoms with Crippen LogP contribution in [0.15, 0.2) is 78.9 Å². The molecule has 4 aromatic rings. The molecule has 0 fully saturated rings. The number of aromatic nitrogens is 4. The van der Waals surface area contributed by atoms with Gasteiger partial charge in [0.05, 0.1) is 12.2 Å². The van der Waals surface area contributed by atoms with E-state index in [9.17, 15) is 9.59 Å². The molecule has 1 amide bonds. The summed E-state index contributed by atoms with van der Waals surface area (Å²) in [5, 5.41) is 14.5. The summed E-state index contributed by atoms with van der Waals surface area (Å²) in [5.41, 5.74) is 4.17. The summed E-state index contributed by atoms with van der Waals surface area (Å²) in [4.78, 5) is 27.8. The van der Waals surface area contributed by atoms with Gasteiger partial charge >= 0.3 is 5.97 Å². The highest BCUT2D eigenvalue weighted by atomic mass is 16.5. The largest absolute Gasteiger partial charge is 0.462 e. The number of aromatic amines is 1. The fraction of sp³-hybridized carbons (Fsp3) is 0.323. The van der Waals surface area contributed by atoms with Gasteiger partial charge in [-0.1, -0.05) is 81.8 Å². The van der Waals surface area contributed by atoms with Crippen LogP contribution < -0.4 is 4.90 Å². The van der Waals surface area contributed by atoms with Crippen molar-refractivity contribution in [3.8, 4) is 22.5 Å². The van der Waals surface area contributed by atoms with E-state index in [1.807, 2.05) is 71.6 Å². The highest BCUT2D eigenvalue weighted by molar-refractivity contribution is 5.94. The van der Waals surface area contributed by atoms with E-state index in [1.165, 1.54) is 0 Å². The molecule has 202 valence electrons. The smallest absolute Gasteiger partial charge is 0.338 e. The average molecular weight is 526 g/mol. The van der Waals surface area contributed by atoms with Crippen molar-refractivity contribution in [2.45, 2.75) is 40.0 Å². The van der Waals surface area contributed by atoms with Gasteiger partial charge < -0.3 is 9.64 Å². The second-order valence-corrected chi connectivity index (χ2v) is 9.90. The Morgan fingerprint density at radius 3 is 2.26 bits per heavy atom. The molecule has 0 saturated heterocycles. The first-order chi connectivity index (χ1) is 19.0. The lowest BCUT2D eigenvalue weighted by Gasteiger charge is -2.30. The molecular weight excluding hydrogens is 490 g/mol. The van der Waals surface area contributed by atoms with Crippen molar-refractivity contribution < 1.29 is 14.3 Å². The zero-order valence-corrected chi connectivity index (χ0v) is 22.7. The minimum Gasteiger partial charge on any atom is -0.462 e. The number of hydrogen-bond donors (Lipinski definition) is 1. The van der Waals surface area contributed by atoms with Crippen LogP contribution in [-0.2, 0) is 9.53 Å². The monoisotopic (exact) mass is 525 g/mol. The van der Waals surface area contributed by atoms with E-state index in [2.05, 4.69) is 41.4 Å². The van der Waals surface area contributed by atoms with Crippen LogP contribution in [0.3, 0.4) is 0 Å². The summed E-state index contributed by atoms with van der Waals surface area (Å²) in [6, 6.07) is 24.8. The number of hydrogen-bond acceptors (Lipinski definition) is 6. The van der Waals surface area contributed by atoms with Gasteiger partial charge in [-0.3, -0.25) is 4.79 Å². The number of H-pyrrole nitrogens is 1. The summed E-state index contributed by atoms with van der Waals surface area (Å²) < 4.78 is 5.68. The Balaban J connectivity index is 1.55. The molecule has 0 unspecified atom stereocenters. The van der Waals surface area contributed by atoms with Crippen molar-refractivity contribution in [2.24, 2.45) is 11.8 Å². The molecule has 1 N–H and O–H groups in total. The number of esters is 1. The van der Waals surface area contributed by atoms with Crippen LogP contribution in [0.1, 0.15) is 50.4 Å². The van der Waals surface area contributed by atoms with Crippen LogP contribution in [0.5, 0.6) is 0 Å². The van der Waals surface area contributed by atoms with E-state index < -0.39 is 0 Å². The van der Waals surface area contributed by atoms with Crippen LogP contribution in [0, 0.1) is 11.8 Å². The SMILES string of the molecule is CCCCC(=O)N(C[C@@H](COC(=O)c1ccccc1)C(C)C)c1ccc(-c2ccccc2-c2nn[nH]n2)cc1. The Morgan fingerprint density at radius 1 is 0.923 bits per heavy atom. The quantitative estimate of drug-likeness (QED) is 0.222. The standard InChI is InChI=1S/C31H35N5O3/c1-4-5-15-29(37)36(20-25(22(2)3)21-39-31(38)24-11-7-6-8-12-24)26-18-16-23(17-19-26)27-13-9-10-14-28(27)30-32-34-35-33-30/h6-14,16-19,22,25H,4-5,15,20-21H2,1-3H3,(H,32,33,34,35)/t25-/m0/s1. The topological polar surface area (TPSA) is 101 Å². The summed E-state index contributed by atoms with van der Waals surface area (Å²) >= 11 is 0. The number of carbonyl (C=O) groups excluding carboxylic acids is 2. The summed E-state index contributed by atoms with van der Waals surface area (Å²) in [7, 11) is 0. The van der Waals surface area contributed by atoms with Crippen molar-refractivity contribution in [3.05, 3.63) is 84.4 Å². The van der Waals surface area contributed by atoms with E-state index >= 15 is 0 Å². The number of anilines is 1. The zero-order chi connectivity index (χ0) is 27.6. The van der Waals surface area contributed by atoms with Gasteiger partial charge in [0.15, 0.2) is 0 Å². The van der Waals surface area contributed by atoms with E-state index in [0.29, 0.717) is 24.4 Å². The fourth-order valence-electron chi connectivity index (χ4n) is 4.37. The van der Waals surface area contributed by atoms with Gasteiger partial charge in [-0.15, -0.1) is 10.2 Å². The molecule has 3 aromatic carbocycles. The summed E-state index contributed by atoms with van der Waals surface area (Å²) in [6.45, 7) is 6.95. The number of unbranched alkanes of at least 4 members (excludes halogenated alkanes) is 1. The van der Waals surface area contributed by atoms with Crippen molar-refractivity contribution in [2.75, 3.05) is 18.1 Å². The molecule has 0 radical (unpaired) electrons. The summed E-state index contributed by atoms with van der Waals surface area (Å²) in [5.74, 6) is 0.417. The maximum atomic E-state index is 13.4. The molecule has 0 bridgehead atoms. The molecule has 8 nitrogen and oxygen atoms in total. The number of rotatable bonds is 12. The van der Waals surface area contributed by atoms with Crippen LogP contribution in [0.4, 0.5) is 5.69 Å². The number of ether oxygens (including phenoxy) is 1. The Labute approximate surface area is 229 Å². The molecule has 1 aromatic heterocycles. The lowest BCUT2D eigenvalue weighted by Crippen LogP contribution is -2.38. The molecule has 0 saturated carbocycles. The van der Waals surface area contributed by atoms with Crippen molar-refractivity contribution in [1.82, 2.24) is 20.6 Å². The third-order valence-corrected chi connectivity index (χ3v) is 6.85. The molecule has 1 heterocycles. The van der Waals surface area contributed by atoms with Crippen molar-refractivity contribution in [1.29, 1.82) is 0 Å². The minimum atomic E-state index is -0.352. The van der Waals surface area contributed by atoms with Crippen molar-refractivity contribution >= 4 is 17.6 Å². The lowest BCUT2D eigenvalue weighted by molar-refractivity contribution is -0.119. The highest BCUT2D eigenvalue weighted by Gasteiger charge is 2.24. The molecule has 4 rings (SSSR count). The van der Waals surface area contributed by atoms with E-state index in [0.717, 1.165) is 35.2 Å². The van der Waals surface area contributed by atoms with Crippen molar-refractivity contribution in [3.63, 3.8) is 0 Å². The number of benzene rings is 3. The van der Waals surface area contributed by atoms with Crippen LogP contribution in [0.25, 0.3) is 22.5 Å². The van der Waals surface area contributed by atoms with Gasteiger partial charge in [0, 0.05) is 30.1 Å². The van der Waals surface area contributed by atoms with Gasteiger partial charge in [0.2, 0.25) is 11.7 Å². The molecule has 0 spiro atoms. The van der Waals surface area contributed by atoms with E-state index in [4.69, 9.17) is 4.74 Å². The second-order valence-electron chi connectivity index (χ2n) is 9.90. The van der Waals surface area contributed by atoms with Gasteiger partial charge in [-0.05, 0) is 52.9 Å². The second kappa shape index (κ2) is 13.5. The molecule has 0 aliphatic heterocycles. The third-order valence-electron chi connectivity index (χ3n) is 6.85. The van der Waals surface area contributed by atoms with E-state index in [1.54, 1.807) is 12.1 Å². The normalized spacial score (nSPS) is 11.8. The number of tetrazole rings is 1. The number of carbonyl (C=O) groups is 2. The minimum absolute atomic E-state index is 0.0260. The zero-order valence-electron chi connectivity index (χ0n) is 22.7. The molecule has 0 aliphatic carbocycles. The van der Waals surface area contributed by atoms with Crippen LogP contribution in [0.2, 0.25) is 0 Å². The Hall–Kier alpha value is -4.33. The maximum Gasteiger partial charge on any atom is 0.338 e. The number of amides is 1. The molecule has 0 aliphatic rings. The molecule has 39 heavy (non-hydrogen) atoms. The molecular formula is C31H35N5O3. The average Bonchev–Trinajstić information content (AvgIpc) is 3.51. The van der Waals surface area contributed by atoms with Crippen LogP contribution >= 0.6 is 0 Å².